The summed E-state index contributed by atoms with van der Waals surface area (Å²) in [5.41, 5.74) is 1.63. The molecule has 0 aliphatic heterocycles. The molecule has 86 valence electrons. The number of hydrogen-bond donors (Lipinski definition) is 0. The highest BCUT2D eigenvalue weighted by molar-refractivity contribution is 5.70. The van der Waals surface area contributed by atoms with Crippen LogP contribution >= 0.6 is 0 Å². The first-order valence-corrected chi connectivity index (χ1v) is 5.55. The fourth-order valence-electron chi connectivity index (χ4n) is 1.74. The monoisotopic (exact) mass is 226 g/mol. The Morgan fingerprint density at radius 1 is 1.29 bits per heavy atom. The summed E-state index contributed by atoms with van der Waals surface area (Å²) >= 11 is 0. The number of ether oxygens (including phenoxy) is 1. The fourth-order valence-corrected chi connectivity index (χ4v) is 1.74. The molecule has 2 rings (SSSR count). The molecule has 0 fully saturated rings. The van der Waals surface area contributed by atoms with Crippen LogP contribution in [0.15, 0.2) is 34.7 Å². The molecule has 0 aliphatic carbocycles. The Balaban J connectivity index is 2.54. The van der Waals surface area contributed by atoms with Crippen LogP contribution in [-0.4, -0.2) is 6.61 Å². The molecule has 0 amide bonds. The quantitative estimate of drug-likeness (QED) is 0.745. The average molecular weight is 226 g/mol. The Morgan fingerprint density at radius 2 is 2.12 bits per heavy atom. The van der Waals surface area contributed by atoms with Gasteiger partial charge in [-0.15, -0.1) is 6.42 Å². The van der Waals surface area contributed by atoms with Crippen molar-refractivity contribution >= 4 is 0 Å². The molecule has 0 aliphatic rings. The molecule has 0 unspecified atom stereocenters. The molecule has 2 heteroatoms. The minimum atomic E-state index is 0.593. The van der Waals surface area contributed by atoms with Gasteiger partial charge in [0.1, 0.15) is 17.3 Å². The number of hydrogen-bond acceptors (Lipinski definition) is 2. The zero-order chi connectivity index (χ0) is 12.3. The van der Waals surface area contributed by atoms with E-state index in [0.717, 1.165) is 28.4 Å². The van der Waals surface area contributed by atoms with Crippen molar-refractivity contribution in [2.24, 2.45) is 0 Å². The van der Waals surface area contributed by atoms with Gasteiger partial charge in [0, 0.05) is 5.56 Å². The first kappa shape index (κ1) is 11.3. The van der Waals surface area contributed by atoms with Crippen molar-refractivity contribution in [3.63, 3.8) is 0 Å². The number of rotatable bonds is 3. The lowest BCUT2D eigenvalue weighted by atomic mass is 10.0. The molecule has 0 bridgehead atoms. The SMILES string of the molecule is C#Cc1c(OCC)cccc1-c1ccc(C)o1. The summed E-state index contributed by atoms with van der Waals surface area (Å²) in [4.78, 5) is 0. The van der Waals surface area contributed by atoms with Crippen LogP contribution < -0.4 is 4.74 Å². The Bertz CT molecular complexity index is 559. The lowest BCUT2D eigenvalue weighted by Gasteiger charge is -2.09. The second-order valence-electron chi connectivity index (χ2n) is 3.67. The average Bonchev–Trinajstić information content (AvgIpc) is 2.76. The van der Waals surface area contributed by atoms with Crippen LogP contribution in [0, 0.1) is 19.3 Å². The van der Waals surface area contributed by atoms with Crippen LogP contribution in [0.25, 0.3) is 11.3 Å². The number of furan rings is 1. The third-order valence-electron chi connectivity index (χ3n) is 2.48. The molecule has 0 saturated heterocycles. The van der Waals surface area contributed by atoms with E-state index in [2.05, 4.69) is 5.92 Å². The summed E-state index contributed by atoms with van der Waals surface area (Å²) in [6, 6.07) is 9.57. The molecular weight excluding hydrogens is 212 g/mol. The van der Waals surface area contributed by atoms with Gasteiger partial charge in [0.25, 0.3) is 0 Å². The normalized spacial score (nSPS) is 9.94. The maximum atomic E-state index is 5.59. The molecule has 1 aromatic carbocycles. The van der Waals surface area contributed by atoms with Crippen LogP contribution in [0.5, 0.6) is 5.75 Å². The first-order valence-electron chi connectivity index (χ1n) is 5.55. The van der Waals surface area contributed by atoms with E-state index in [4.69, 9.17) is 15.6 Å². The van der Waals surface area contributed by atoms with Crippen molar-refractivity contribution in [3.8, 4) is 29.4 Å². The van der Waals surface area contributed by atoms with Gasteiger partial charge >= 0.3 is 0 Å². The molecule has 17 heavy (non-hydrogen) atoms. The summed E-state index contributed by atoms with van der Waals surface area (Å²) in [5, 5.41) is 0. The summed E-state index contributed by atoms with van der Waals surface area (Å²) in [7, 11) is 0. The molecule has 0 saturated carbocycles. The number of benzene rings is 1. The van der Waals surface area contributed by atoms with E-state index in [1.54, 1.807) is 0 Å². The molecule has 2 nitrogen and oxygen atoms in total. The van der Waals surface area contributed by atoms with Crippen molar-refractivity contribution in [1.82, 2.24) is 0 Å². The Labute approximate surface area is 101 Å². The highest BCUT2D eigenvalue weighted by Gasteiger charge is 2.11. The maximum Gasteiger partial charge on any atom is 0.135 e. The Kier molecular flexibility index (Phi) is 3.20. The van der Waals surface area contributed by atoms with Gasteiger partial charge in [-0.2, -0.15) is 0 Å². The van der Waals surface area contributed by atoms with Crippen molar-refractivity contribution < 1.29 is 9.15 Å². The predicted octanol–water partition coefficient (Wildman–Crippen LogP) is 3.64. The van der Waals surface area contributed by atoms with Crippen molar-refractivity contribution in [2.45, 2.75) is 13.8 Å². The van der Waals surface area contributed by atoms with E-state index in [9.17, 15) is 0 Å². The van der Waals surface area contributed by atoms with Crippen LogP contribution in [-0.2, 0) is 0 Å². The van der Waals surface area contributed by atoms with Gasteiger partial charge in [0.15, 0.2) is 0 Å². The van der Waals surface area contributed by atoms with Crippen molar-refractivity contribution in [1.29, 1.82) is 0 Å². The maximum absolute atomic E-state index is 5.59. The Morgan fingerprint density at radius 3 is 2.71 bits per heavy atom. The van der Waals surface area contributed by atoms with E-state index in [1.807, 2.05) is 44.2 Å². The highest BCUT2D eigenvalue weighted by atomic mass is 16.5. The predicted molar refractivity (Wildman–Crippen MR) is 68.0 cm³/mol. The van der Waals surface area contributed by atoms with E-state index < -0.39 is 0 Å². The lowest BCUT2D eigenvalue weighted by Crippen LogP contribution is -1.95. The van der Waals surface area contributed by atoms with E-state index in [0.29, 0.717) is 6.61 Å². The summed E-state index contributed by atoms with van der Waals surface area (Å²) in [6.07, 6.45) is 5.55. The third-order valence-corrected chi connectivity index (χ3v) is 2.48. The third kappa shape index (κ3) is 2.19. The standard InChI is InChI=1S/C15H14O2/c1-4-12-13(15-10-9-11(3)17-15)7-6-8-14(12)16-5-2/h1,6-10H,5H2,2-3H3. The van der Waals surface area contributed by atoms with Gasteiger partial charge in [-0.1, -0.05) is 12.0 Å². The van der Waals surface area contributed by atoms with Gasteiger partial charge < -0.3 is 9.15 Å². The number of terminal acetylenes is 1. The Hall–Kier alpha value is -2.14. The molecule has 0 atom stereocenters. The second kappa shape index (κ2) is 4.80. The summed E-state index contributed by atoms with van der Waals surface area (Å²) in [5.74, 6) is 5.04. The second-order valence-corrected chi connectivity index (χ2v) is 3.67. The molecule has 1 aromatic heterocycles. The van der Waals surface area contributed by atoms with Crippen LogP contribution in [0.2, 0.25) is 0 Å². The van der Waals surface area contributed by atoms with Crippen molar-refractivity contribution in [3.05, 3.63) is 41.7 Å². The van der Waals surface area contributed by atoms with Crippen LogP contribution in [0.3, 0.4) is 0 Å². The number of aryl methyl sites for hydroxylation is 1. The molecule has 0 spiro atoms. The lowest BCUT2D eigenvalue weighted by molar-refractivity contribution is 0.339. The van der Waals surface area contributed by atoms with Crippen LogP contribution in [0.1, 0.15) is 18.2 Å². The molecule has 0 radical (unpaired) electrons. The largest absolute Gasteiger partial charge is 0.493 e. The summed E-state index contributed by atoms with van der Waals surface area (Å²) < 4.78 is 11.1. The van der Waals surface area contributed by atoms with Crippen molar-refractivity contribution in [2.75, 3.05) is 6.61 Å². The van der Waals surface area contributed by atoms with Gasteiger partial charge in [-0.05, 0) is 38.1 Å². The topological polar surface area (TPSA) is 22.4 Å². The zero-order valence-corrected chi connectivity index (χ0v) is 9.99. The smallest absolute Gasteiger partial charge is 0.135 e. The molecular formula is C15H14O2. The van der Waals surface area contributed by atoms with Gasteiger partial charge in [-0.3, -0.25) is 0 Å². The fraction of sp³-hybridized carbons (Fsp3) is 0.200. The molecule has 1 heterocycles. The minimum absolute atomic E-state index is 0.593. The van der Waals surface area contributed by atoms with E-state index in [-0.39, 0.29) is 0 Å². The minimum Gasteiger partial charge on any atom is -0.493 e. The van der Waals surface area contributed by atoms with Gasteiger partial charge in [0.2, 0.25) is 0 Å². The molecule has 2 aromatic rings. The first-order chi connectivity index (χ1) is 8.26. The highest BCUT2D eigenvalue weighted by Crippen LogP contribution is 2.31. The van der Waals surface area contributed by atoms with E-state index in [1.165, 1.54) is 0 Å². The zero-order valence-electron chi connectivity index (χ0n) is 9.99. The van der Waals surface area contributed by atoms with E-state index >= 15 is 0 Å². The van der Waals surface area contributed by atoms with Gasteiger partial charge in [-0.25, -0.2) is 0 Å². The molecule has 0 N–H and O–H groups in total. The van der Waals surface area contributed by atoms with Crippen LogP contribution in [0.4, 0.5) is 0 Å². The van der Waals surface area contributed by atoms with Gasteiger partial charge in [0.05, 0.1) is 12.2 Å². The summed E-state index contributed by atoms with van der Waals surface area (Å²) in [6.45, 7) is 4.44.